The Morgan fingerprint density at radius 2 is 0.833 bits per heavy atom. The van der Waals surface area contributed by atoms with Crippen molar-refractivity contribution in [1.29, 1.82) is 0 Å². The third kappa shape index (κ3) is 4.52. The largest absolute Gasteiger partial charge is 0.202 e. The highest BCUT2D eigenvalue weighted by molar-refractivity contribution is 4.36. The molecule has 0 atom stereocenters. The fraction of sp³-hybridized carbons (Fsp3) is 1.00. The maximum atomic E-state index is 2.60. The van der Waals surface area contributed by atoms with Gasteiger partial charge in [-0.15, -0.1) is 0 Å². The van der Waals surface area contributed by atoms with Gasteiger partial charge in [-0.25, -0.2) is 9.18 Å². The summed E-state index contributed by atoms with van der Waals surface area (Å²) in [7, 11) is 7.11. The Kier molecular flexibility index (Phi) is 8.08. The van der Waals surface area contributed by atoms with Crippen LogP contribution in [0, 0.1) is 0 Å². The van der Waals surface area contributed by atoms with E-state index in [-0.39, 0.29) is 0 Å². The zero-order chi connectivity index (χ0) is 14.2. The van der Waals surface area contributed by atoms with Crippen LogP contribution in [0.25, 0.3) is 0 Å². The zero-order valence-corrected chi connectivity index (χ0v) is 14.0. The Hall–Kier alpha value is -0.120. The van der Waals surface area contributed by atoms with Crippen LogP contribution in [-0.4, -0.2) is 61.6 Å². The highest BCUT2D eigenvalue weighted by atomic mass is 16.0. The Morgan fingerprint density at radius 3 is 1.00 bits per heavy atom. The number of quaternary nitrogens is 2. The minimum atomic E-state index is 1.07. The summed E-state index contributed by atoms with van der Waals surface area (Å²) < 4.78 is 2.15. The lowest BCUT2D eigenvalue weighted by atomic mass is 10.3. The summed E-state index contributed by atoms with van der Waals surface area (Å²) in [6.45, 7) is 14.1. The van der Waals surface area contributed by atoms with Gasteiger partial charge in [0.15, 0.2) is 0 Å². The summed E-state index contributed by atoms with van der Waals surface area (Å²) in [6, 6.07) is 0. The number of rotatable bonds is 10. The Morgan fingerprint density at radius 1 is 0.611 bits per heavy atom. The minimum absolute atomic E-state index is 1.07. The Labute approximate surface area is 115 Å². The first-order valence-electron chi connectivity index (χ1n) is 7.83. The molecule has 0 saturated heterocycles. The molecule has 0 saturated carbocycles. The van der Waals surface area contributed by atoms with Crippen LogP contribution in [0.2, 0.25) is 0 Å². The summed E-state index contributed by atoms with van der Waals surface area (Å²) in [5, 5.41) is 2.60. The van der Waals surface area contributed by atoms with Crippen LogP contribution in [0.1, 0.15) is 53.4 Å². The van der Waals surface area contributed by atoms with Gasteiger partial charge in [-0.05, 0) is 30.8 Å². The second-order valence-electron chi connectivity index (χ2n) is 6.06. The fourth-order valence-corrected chi connectivity index (χ4v) is 3.25. The molecule has 0 aliphatic carbocycles. The molecule has 0 heterocycles. The maximum absolute atomic E-state index is 2.60. The molecule has 18 heavy (non-hydrogen) atoms. The van der Waals surface area contributed by atoms with Crippen molar-refractivity contribution >= 4 is 0 Å². The average molecular weight is 259 g/mol. The van der Waals surface area contributed by atoms with Crippen molar-refractivity contribution < 1.29 is 9.18 Å². The first kappa shape index (κ1) is 17.9. The molecular formula is C15H37N3+2. The van der Waals surface area contributed by atoms with E-state index in [2.05, 4.69) is 54.0 Å². The molecule has 0 aliphatic heterocycles. The van der Waals surface area contributed by atoms with Crippen LogP contribution in [0.5, 0.6) is 0 Å². The summed E-state index contributed by atoms with van der Waals surface area (Å²) in [6.07, 6.45) is 5.00. The molecule has 0 aromatic heterocycles. The lowest BCUT2D eigenvalue weighted by molar-refractivity contribution is -1.24. The monoisotopic (exact) mass is 259 g/mol. The van der Waals surface area contributed by atoms with Gasteiger partial charge in [0.25, 0.3) is 0 Å². The van der Waals surface area contributed by atoms with Crippen LogP contribution in [0.4, 0.5) is 0 Å². The van der Waals surface area contributed by atoms with Crippen molar-refractivity contribution in [3.63, 3.8) is 0 Å². The molecule has 0 N–H and O–H groups in total. The molecule has 3 nitrogen and oxygen atoms in total. The molecule has 0 unspecified atom stereocenters. The number of nitrogens with zero attached hydrogens (tertiary/aromatic N) is 3. The van der Waals surface area contributed by atoms with Gasteiger partial charge in [0, 0.05) is 0 Å². The van der Waals surface area contributed by atoms with Crippen LogP contribution >= 0.6 is 0 Å². The van der Waals surface area contributed by atoms with Crippen molar-refractivity contribution in [2.24, 2.45) is 0 Å². The SMILES string of the molecule is CCC[N+](C)(CCC)N(C)[N+](C)(CCC)CCC. The van der Waals surface area contributed by atoms with E-state index in [9.17, 15) is 0 Å². The van der Waals surface area contributed by atoms with Gasteiger partial charge in [-0.2, -0.15) is 0 Å². The number of hydrogen-bond acceptors (Lipinski definition) is 1. The van der Waals surface area contributed by atoms with Crippen LogP contribution in [-0.2, 0) is 0 Å². The van der Waals surface area contributed by atoms with Crippen LogP contribution in [0.15, 0.2) is 0 Å². The highest BCUT2D eigenvalue weighted by Crippen LogP contribution is 2.20. The van der Waals surface area contributed by atoms with E-state index in [4.69, 9.17) is 0 Å². The molecule has 3 heteroatoms. The van der Waals surface area contributed by atoms with Gasteiger partial charge in [-0.1, -0.05) is 27.7 Å². The van der Waals surface area contributed by atoms with Crippen molar-refractivity contribution in [3.8, 4) is 0 Å². The van der Waals surface area contributed by atoms with Gasteiger partial charge in [0.1, 0.15) is 26.2 Å². The van der Waals surface area contributed by atoms with Crippen molar-refractivity contribution in [3.05, 3.63) is 0 Å². The molecule has 0 aromatic rings. The minimum Gasteiger partial charge on any atom is -0.202 e. The predicted molar refractivity (Wildman–Crippen MR) is 80.8 cm³/mol. The molecule has 0 radical (unpaired) electrons. The normalized spacial score (nSPS) is 13.3. The average Bonchev–Trinajstić information content (AvgIpc) is 2.29. The zero-order valence-electron chi connectivity index (χ0n) is 14.0. The van der Waals surface area contributed by atoms with E-state index >= 15 is 0 Å². The molecule has 0 fully saturated rings. The van der Waals surface area contributed by atoms with E-state index in [1.54, 1.807) is 0 Å². The van der Waals surface area contributed by atoms with E-state index in [1.807, 2.05) is 0 Å². The third-order valence-corrected chi connectivity index (χ3v) is 4.22. The molecule has 110 valence electrons. The molecule has 0 bridgehead atoms. The fourth-order valence-electron chi connectivity index (χ4n) is 3.25. The molecule has 0 rings (SSSR count). The van der Waals surface area contributed by atoms with E-state index < -0.39 is 0 Å². The number of hydrogen-bond donors (Lipinski definition) is 0. The molecule has 0 amide bonds. The standard InChI is InChI=1S/C15H37N3/c1-8-12-17(6,13-9-2)16(5)18(7,14-10-3)15-11-4/h8-15H2,1-7H3/q+2. The second kappa shape index (κ2) is 8.13. The van der Waals surface area contributed by atoms with Crippen molar-refractivity contribution in [2.45, 2.75) is 53.4 Å². The Balaban J connectivity index is 5.04. The quantitative estimate of drug-likeness (QED) is 0.430. The van der Waals surface area contributed by atoms with E-state index in [0.29, 0.717) is 0 Å². The lowest BCUT2D eigenvalue weighted by Crippen LogP contribution is -2.70. The van der Waals surface area contributed by atoms with Crippen LogP contribution < -0.4 is 0 Å². The highest BCUT2D eigenvalue weighted by Gasteiger charge is 2.39. The predicted octanol–water partition coefficient (Wildman–Crippen LogP) is 3.28. The molecular weight excluding hydrogens is 222 g/mol. The maximum Gasteiger partial charge on any atom is 0.100 e. The van der Waals surface area contributed by atoms with Crippen molar-refractivity contribution in [1.82, 2.24) is 5.12 Å². The van der Waals surface area contributed by atoms with Gasteiger partial charge >= 0.3 is 0 Å². The summed E-state index contributed by atoms with van der Waals surface area (Å²) >= 11 is 0. The molecule has 0 aromatic carbocycles. The summed E-state index contributed by atoms with van der Waals surface area (Å²) in [5.41, 5.74) is 0. The smallest absolute Gasteiger partial charge is 0.100 e. The van der Waals surface area contributed by atoms with E-state index in [1.165, 1.54) is 51.9 Å². The third-order valence-electron chi connectivity index (χ3n) is 4.22. The molecule has 0 spiro atoms. The Bertz CT molecular complexity index is 182. The van der Waals surface area contributed by atoms with Gasteiger partial charge in [-0.3, -0.25) is 0 Å². The van der Waals surface area contributed by atoms with Gasteiger partial charge in [0.2, 0.25) is 0 Å². The summed E-state index contributed by atoms with van der Waals surface area (Å²) in [5.74, 6) is 0. The first-order chi connectivity index (χ1) is 8.40. The molecule has 0 aliphatic rings. The second-order valence-corrected chi connectivity index (χ2v) is 6.06. The first-order valence-corrected chi connectivity index (χ1v) is 7.83. The van der Waals surface area contributed by atoms with Crippen molar-refractivity contribution in [2.75, 3.05) is 47.3 Å². The van der Waals surface area contributed by atoms with Crippen LogP contribution in [0.3, 0.4) is 0 Å². The van der Waals surface area contributed by atoms with Gasteiger partial charge < -0.3 is 0 Å². The van der Waals surface area contributed by atoms with E-state index in [0.717, 1.165) is 9.18 Å². The summed E-state index contributed by atoms with van der Waals surface area (Å²) in [4.78, 5) is 0. The topological polar surface area (TPSA) is 3.24 Å². The lowest BCUT2D eigenvalue weighted by Gasteiger charge is -2.49. The van der Waals surface area contributed by atoms with Gasteiger partial charge in [0.05, 0.1) is 21.1 Å².